The molecule has 3 amide bonds. The number of nitrogens with two attached hydrogens (primary N) is 1. The summed E-state index contributed by atoms with van der Waals surface area (Å²) in [5.41, 5.74) is 3.94. The lowest BCUT2D eigenvalue weighted by Crippen LogP contribution is -2.51. The van der Waals surface area contributed by atoms with Gasteiger partial charge in [-0.2, -0.15) is 30.8 Å². The van der Waals surface area contributed by atoms with E-state index in [2.05, 4.69) is 33.6 Å². The van der Waals surface area contributed by atoms with Gasteiger partial charge in [-0.3, -0.25) is 29.9 Å². The number of carbonyl (C=O) groups excluding carboxylic acids is 5. The first kappa shape index (κ1) is 34.2. The van der Waals surface area contributed by atoms with Gasteiger partial charge in [0.25, 0.3) is 0 Å². The fourth-order valence-corrected chi connectivity index (χ4v) is 3.79. The molecular formula is C22H28F3N7O6S2. The molecule has 18 heteroatoms. The van der Waals surface area contributed by atoms with E-state index < -0.39 is 75.7 Å². The van der Waals surface area contributed by atoms with E-state index in [0.717, 1.165) is 19.9 Å². The van der Waals surface area contributed by atoms with Gasteiger partial charge >= 0.3 is 12.1 Å². The van der Waals surface area contributed by atoms with Crippen LogP contribution in [0.4, 0.5) is 13.2 Å². The number of benzene rings is 1. The summed E-state index contributed by atoms with van der Waals surface area (Å²) in [6, 6.07) is -0.837. The second-order valence-corrected chi connectivity index (χ2v) is 9.48. The van der Waals surface area contributed by atoms with Gasteiger partial charge in [0.05, 0.1) is 11.1 Å². The number of nitrogens with zero attached hydrogens (tertiary/aromatic N) is 2. The molecule has 0 radical (unpaired) electrons. The minimum absolute atomic E-state index is 0.247. The molecule has 0 aliphatic carbocycles. The van der Waals surface area contributed by atoms with E-state index in [-0.39, 0.29) is 11.7 Å². The summed E-state index contributed by atoms with van der Waals surface area (Å²) in [4.78, 5) is 65.9. The molecule has 0 spiro atoms. The summed E-state index contributed by atoms with van der Waals surface area (Å²) in [5, 5.41) is 13.4. The molecule has 0 bridgehead atoms. The Bertz CT molecular complexity index is 1190. The fourth-order valence-electron chi connectivity index (χ4n) is 2.68. The lowest BCUT2D eigenvalue weighted by molar-refractivity contribution is -0.140. The zero-order chi connectivity index (χ0) is 30.8. The SMILES string of the molecule is CC(=O)NC(CSC(=O)c1ccc(C(F)(F)F)cc1OC(=O)C(CS)NC(C)=O)C(=O)N/C(N)=N/C(=N)N(C)C. The van der Waals surface area contributed by atoms with Crippen LogP contribution in [0.3, 0.4) is 0 Å². The summed E-state index contributed by atoms with van der Waals surface area (Å²) >= 11 is 4.34. The smallest absolute Gasteiger partial charge is 0.416 e. The molecule has 0 aromatic heterocycles. The van der Waals surface area contributed by atoms with Gasteiger partial charge in [-0.25, -0.2) is 4.79 Å². The third kappa shape index (κ3) is 11.1. The van der Waals surface area contributed by atoms with Crippen molar-refractivity contribution < 1.29 is 41.9 Å². The van der Waals surface area contributed by atoms with E-state index in [1.165, 1.54) is 19.0 Å². The molecule has 0 aliphatic rings. The molecule has 2 atom stereocenters. The van der Waals surface area contributed by atoms with Crippen LogP contribution in [0.15, 0.2) is 23.2 Å². The van der Waals surface area contributed by atoms with Crippen molar-refractivity contribution in [2.45, 2.75) is 32.1 Å². The first-order valence-electron chi connectivity index (χ1n) is 11.1. The molecule has 1 aromatic carbocycles. The van der Waals surface area contributed by atoms with E-state index in [9.17, 15) is 37.1 Å². The van der Waals surface area contributed by atoms with Crippen LogP contribution in [-0.2, 0) is 25.4 Å². The molecule has 1 aromatic rings. The van der Waals surface area contributed by atoms with E-state index >= 15 is 0 Å². The molecule has 0 saturated carbocycles. The van der Waals surface area contributed by atoms with Crippen molar-refractivity contribution >= 4 is 65.1 Å². The number of nitrogens with one attached hydrogen (secondary N) is 4. The molecule has 0 aliphatic heterocycles. The summed E-state index contributed by atoms with van der Waals surface area (Å²) < 4.78 is 45.0. The number of hydrogen-bond donors (Lipinski definition) is 6. The minimum atomic E-state index is -4.84. The van der Waals surface area contributed by atoms with Crippen LogP contribution < -0.4 is 26.4 Å². The molecule has 0 saturated heterocycles. The number of alkyl halides is 3. The standard InChI is InChI=1S/C22H28F3N7O6S2/c1-10(33)28-14(8-39)18(36)38-16-7-12(22(23,24)25)5-6-13(16)19(37)40-9-15(29-11(2)34)17(35)30-20(26)31-21(27)32(3)4/h5-7,14-15,39H,8-9H2,1-4H3,(H,28,33)(H,29,34)(H4,26,27,30,31,35). The average molecular weight is 608 g/mol. The summed E-state index contributed by atoms with van der Waals surface area (Å²) in [6.07, 6.45) is -4.84. The number of rotatable bonds is 9. The molecule has 0 heterocycles. The average Bonchev–Trinajstić information content (AvgIpc) is 2.83. The summed E-state index contributed by atoms with van der Waals surface area (Å²) in [5.74, 6) is -5.50. The summed E-state index contributed by atoms with van der Waals surface area (Å²) in [7, 11) is 3.02. The monoisotopic (exact) mass is 607 g/mol. The first-order chi connectivity index (χ1) is 18.5. The third-order valence-electron chi connectivity index (χ3n) is 4.56. The Balaban J connectivity index is 3.22. The van der Waals surface area contributed by atoms with Gasteiger partial charge in [-0.05, 0) is 18.2 Å². The van der Waals surface area contributed by atoms with Crippen molar-refractivity contribution in [3.63, 3.8) is 0 Å². The first-order valence-corrected chi connectivity index (χ1v) is 12.7. The second-order valence-electron chi connectivity index (χ2n) is 8.12. The van der Waals surface area contributed by atoms with Gasteiger partial charge in [0.2, 0.25) is 34.8 Å². The lowest BCUT2D eigenvalue weighted by Gasteiger charge is -2.19. The highest BCUT2D eigenvalue weighted by Crippen LogP contribution is 2.34. The number of hydrogen-bond acceptors (Lipinski definition) is 9. The van der Waals surface area contributed by atoms with Gasteiger partial charge in [-0.1, -0.05) is 11.8 Å². The zero-order valence-corrected chi connectivity index (χ0v) is 23.4. The van der Waals surface area contributed by atoms with Crippen molar-refractivity contribution in [3.05, 3.63) is 29.3 Å². The van der Waals surface area contributed by atoms with Crippen LogP contribution in [0.25, 0.3) is 0 Å². The molecule has 40 heavy (non-hydrogen) atoms. The number of carbonyl (C=O) groups is 5. The van der Waals surface area contributed by atoms with E-state index in [1.54, 1.807) is 0 Å². The van der Waals surface area contributed by atoms with Gasteiger partial charge < -0.3 is 26.0 Å². The van der Waals surface area contributed by atoms with Crippen LogP contribution in [-0.4, -0.2) is 83.3 Å². The predicted octanol–water partition coefficient (Wildman–Crippen LogP) is 0.351. The van der Waals surface area contributed by atoms with Crippen molar-refractivity contribution in [2.24, 2.45) is 10.7 Å². The molecule has 220 valence electrons. The molecular weight excluding hydrogens is 579 g/mol. The Morgan fingerprint density at radius 2 is 1.70 bits per heavy atom. The van der Waals surface area contributed by atoms with Crippen molar-refractivity contribution in [1.29, 1.82) is 5.41 Å². The maximum Gasteiger partial charge on any atom is 0.416 e. The molecule has 1 rings (SSSR count). The van der Waals surface area contributed by atoms with Gasteiger partial charge in [0, 0.05) is 39.4 Å². The molecule has 0 fully saturated rings. The topological polar surface area (TPSA) is 196 Å². The van der Waals surface area contributed by atoms with Crippen LogP contribution in [0, 0.1) is 5.41 Å². The Morgan fingerprint density at radius 1 is 1.12 bits per heavy atom. The fraction of sp³-hybridized carbons (Fsp3) is 0.409. The van der Waals surface area contributed by atoms with Crippen LogP contribution in [0.5, 0.6) is 5.75 Å². The van der Waals surface area contributed by atoms with E-state index in [1.807, 2.05) is 0 Å². The Hall–Kier alpha value is -3.80. The van der Waals surface area contributed by atoms with Gasteiger partial charge in [0.1, 0.15) is 17.8 Å². The normalized spacial score (nSPS) is 12.9. The van der Waals surface area contributed by atoms with Gasteiger partial charge in [0.15, 0.2) is 0 Å². The lowest BCUT2D eigenvalue weighted by atomic mass is 10.1. The number of guanidine groups is 2. The van der Waals surface area contributed by atoms with Crippen LogP contribution in [0.2, 0.25) is 0 Å². The highest BCUT2D eigenvalue weighted by molar-refractivity contribution is 8.14. The number of halogens is 3. The summed E-state index contributed by atoms with van der Waals surface area (Å²) in [6.45, 7) is 2.21. The molecule has 2 unspecified atom stereocenters. The van der Waals surface area contributed by atoms with Gasteiger partial charge in [-0.15, -0.1) is 0 Å². The minimum Gasteiger partial charge on any atom is -0.424 e. The number of aliphatic imine (C=N–C) groups is 1. The number of thiol groups is 1. The number of amides is 3. The van der Waals surface area contributed by atoms with Crippen molar-refractivity contribution in [1.82, 2.24) is 20.9 Å². The van der Waals surface area contributed by atoms with E-state index in [0.29, 0.717) is 23.9 Å². The maximum atomic E-state index is 13.3. The Kier molecular flexibility index (Phi) is 12.9. The van der Waals surface area contributed by atoms with Crippen LogP contribution >= 0.6 is 24.4 Å². The highest BCUT2D eigenvalue weighted by Gasteiger charge is 2.33. The van der Waals surface area contributed by atoms with Crippen LogP contribution in [0.1, 0.15) is 29.8 Å². The van der Waals surface area contributed by atoms with Crippen molar-refractivity contribution in [3.8, 4) is 5.75 Å². The Labute approximate surface area is 236 Å². The quantitative estimate of drug-likeness (QED) is 0.0755. The largest absolute Gasteiger partial charge is 0.424 e. The molecule has 6 N–H and O–H groups in total. The number of esters is 1. The van der Waals surface area contributed by atoms with E-state index in [4.69, 9.17) is 15.9 Å². The second kappa shape index (κ2) is 15.1. The predicted molar refractivity (Wildman–Crippen MR) is 144 cm³/mol. The Morgan fingerprint density at radius 3 is 2.20 bits per heavy atom. The molecule has 13 nitrogen and oxygen atoms in total. The third-order valence-corrected chi connectivity index (χ3v) is 5.91. The number of ether oxygens (including phenoxy) is 1. The maximum absolute atomic E-state index is 13.3. The number of thioether (sulfide) groups is 1. The highest BCUT2D eigenvalue weighted by atomic mass is 32.2. The van der Waals surface area contributed by atoms with Crippen molar-refractivity contribution in [2.75, 3.05) is 25.6 Å². The zero-order valence-electron chi connectivity index (χ0n) is 21.7.